The number of benzene rings is 1. The molecule has 1 fully saturated rings. The second-order valence-corrected chi connectivity index (χ2v) is 7.85. The van der Waals surface area contributed by atoms with Crippen LogP contribution in [0.4, 0.5) is 5.69 Å². The molecule has 1 amide bonds. The number of guanidine groups is 1. The summed E-state index contributed by atoms with van der Waals surface area (Å²) in [7, 11) is 1.72. The molecular formula is C23H36N4O3. The Bertz CT molecular complexity index is 701. The highest BCUT2D eigenvalue weighted by Crippen LogP contribution is 2.26. The van der Waals surface area contributed by atoms with E-state index in [1.54, 1.807) is 7.11 Å². The lowest BCUT2D eigenvalue weighted by Gasteiger charge is -2.34. The van der Waals surface area contributed by atoms with Gasteiger partial charge in [-0.25, -0.2) is 4.99 Å². The Balaban J connectivity index is 1.53. The number of hydrogen-bond donors (Lipinski definition) is 1. The highest BCUT2D eigenvalue weighted by Gasteiger charge is 2.24. The van der Waals surface area contributed by atoms with Gasteiger partial charge in [-0.05, 0) is 50.7 Å². The van der Waals surface area contributed by atoms with Crippen LogP contribution in [0.1, 0.15) is 38.2 Å². The summed E-state index contributed by atoms with van der Waals surface area (Å²) in [6, 6.07) is 8.20. The monoisotopic (exact) mass is 416 g/mol. The third-order valence-electron chi connectivity index (χ3n) is 5.70. The summed E-state index contributed by atoms with van der Waals surface area (Å²) in [4.78, 5) is 21.7. The number of carbonyl (C=O) groups is 1. The summed E-state index contributed by atoms with van der Waals surface area (Å²) in [5.74, 6) is 0.892. The van der Waals surface area contributed by atoms with Gasteiger partial charge < -0.3 is 24.6 Å². The van der Waals surface area contributed by atoms with Crippen molar-refractivity contribution < 1.29 is 14.3 Å². The van der Waals surface area contributed by atoms with E-state index in [9.17, 15) is 4.79 Å². The van der Waals surface area contributed by atoms with Gasteiger partial charge in [0.15, 0.2) is 5.96 Å². The molecule has 166 valence electrons. The topological polar surface area (TPSA) is 66.4 Å². The minimum atomic E-state index is 0.0638. The number of carbonyl (C=O) groups excluding carboxylic acids is 1. The van der Waals surface area contributed by atoms with Crippen molar-refractivity contribution in [1.82, 2.24) is 10.2 Å². The van der Waals surface area contributed by atoms with Gasteiger partial charge in [0.25, 0.3) is 0 Å². The van der Waals surface area contributed by atoms with Crippen molar-refractivity contribution in [2.75, 3.05) is 57.9 Å². The number of hydrogen-bond acceptors (Lipinski definition) is 4. The van der Waals surface area contributed by atoms with Gasteiger partial charge in [-0.1, -0.05) is 18.2 Å². The maximum absolute atomic E-state index is 12.9. The molecule has 0 spiro atoms. The number of fused-ring (bicyclic) bond motifs is 1. The fourth-order valence-electron chi connectivity index (χ4n) is 4.13. The van der Waals surface area contributed by atoms with Crippen LogP contribution in [0.15, 0.2) is 29.3 Å². The molecule has 0 saturated carbocycles. The van der Waals surface area contributed by atoms with Gasteiger partial charge in [0.05, 0.1) is 6.10 Å². The standard InChI is InChI=1S/C23H36N4O3/c1-3-24-23(26-14-11-20(12-15-26)30-17-7-16-29-2)25-18-22(28)27-13-6-9-19-8-4-5-10-21(19)27/h4-5,8,10,20H,3,6-7,9,11-18H2,1-2H3,(H,24,25). The first-order valence-electron chi connectivity index (χ1n) is 11.2. The summed E-state index contributed by atoms with van der Waals surface area (Å²) in [6.07, 6.45) is 5.23. The van der Waals surface area contributed by atoms with Gasteiger partial charge in [0, 0.05) is 52.2 Å². The van der Waals surface area contributed by atoms with Gasteiger partial charge in [0.1, 0.15) is 6.54 Å². The largest absolute Gasteiger partial charge is 0.385 e. The Morgan fingerprint density at radius 3 is 2.77 bits per heavy atom. The molecule has 2 aliphatic heterocycles. The third kappa shape index (κ3) is 6.19. The number of piperidine rings is 1. The Kier molecular flexibility index (Phi) is 8.96. The SMILES string of the molecule is CCNC(=NCC(=O)N1CCCc2ccccc21)N1CCC(OCCCOC)CC1. The first kappa shape index (κ1) is 22.6. The molecule has 2 aliphatic rings. The van der Waals surface area contributed by atoms with E-state index in [1.807, 2.05) is 23.1 Å². The highest BCUT2D eigenvalue weighted by molar-refractivity contribution is 5.97. The van der Waals surface area contributed by atoms with Crippen LogP contribution < -0.4 is 10.2 Å². The lowest BCUT2D eigenvalue weighted by atomic mass is 10.0. The van der Waals surface area contributed by atoms with Crippen molar-refractivity contribution in [2.24, 2.45) is 4.99 Å². The molecule has 7 heteroatoms. The molecule has 3 rings (SSSR count). The van der Waals surface area contributed by atoms with Crippen LogP contribution in [0, 0.1) is 0 Å². The third-order valence-corrected chi connectivity index (χ3v) is 5.70. The summed E-state index contributed by atoms with van der Waals surface area (Å²) in [5, 5.41) is 3.35. The Morgan fingerprint density at radius 1 is 1.20 bits per heavy atom. The van der Waals surface area contributed by atoms with Crippen LogP contribution in [0.2, 0.25) is 0 Å². The maximum Gasteiger partial charge on any atom is 0.248 e. The summed E-state index contributed by atoms with van der Waals surface area (Å²) < 4.78 is 11.0. The number of nitrogens with zero attached hydrogens (tertiary/aromatic N) is 3. The minimum absolute atomic E-state index is 0.0638. The molecule has 0 aliphatic carbocycles. The smallest absolute Gasteiger partial charge is 0.248 e. The van der Waals surface area contributed by atoms with Gasteiger partial charge in [-0.3, -0.25) is 4.79 Å². The fraction of sp³-hybridized carbons (Fsp3) is 0.652. The molecule has 0 unspecified atom stereocenters. The van der Waals surface area contributed by atoms with E-state index < -0.39 is 0 Å². The first-order valence-corrected chi connectivity index (χ1v) is 11.2. The number of anilines is 1. The fourth-order valence-corrected chi connectivity index (χ4v) is 4.13. The Hall–Kier alpha value is -2.12. The zero-order valence-corrected chi connectivity index (χ0v) is 18.4. The number of methoxy groups -OCH3 is 1. The van der Waals surface area contributed by atoms with E-state index in [2.05, 4.69) is 28.2 Å². The van der Waals surface area contributed by atoms with E-state index in [0.29, 0.717) is 6.10 Å². The van der Waals surface area contributed by atoms with E-state index in [-0.39, 0.29) is 12.5 Å². The van der Waals surface area contributed by atoms with Crippen molar-refractivity contribution in [3.8, 4) is 0 Å². The molecule has 1 aromatic carbocycles. The quantitative estimate of drug-likeness (QED) is 0.401. The molecule has 7 nitrogen and oxygen atoms in total. The maximum atomic E-state index is 12.9. The zero-order valence-electron chi connectivity index (χ0n) is 18.4. The molecule has 1 saturated heterocycles. The normalized spacial score (nSPS) is 17.7. The number of rotatable bonds is 8. The predicted octanol–water partition coefficient (Wildman–Crippen LogP) is 2.45. The molecule has 0 aromatic heterocycles. The molecular weight excluding hydrogens is 380 g/mol. The number of aryl methyl sites for hydroxylation is 1. The molecule has 2 heterocycles. The van der Waals surface area contributed by atoms with Gasteiger partial charge in [-0.15, -0.1) is 0 Å². The van der Waals surface area contributed by atoms with Crippen LogP contribution >= 0.6 is 0 Å². The van der Waals surface area contributed by atoms with Crippen molar-refractivity contribution in [1.29, 1.82) is 0 Å². The molecule has 0 bridgehead atoms. The number of amides is 1. The predicted molar refractivity (Wildman–Crippen MR) is 120 cm³/mol. The van der Waals surface area contributed by atoms with Gasteiger partial charge in [0.2, 0.25) is 5.91 Å². The van der Waals surface area contributed by atoms with Crippen molar-refractivity contribution >= 4 is 17.6 Å². The molecule has 1 N–H and O–H groups in total. The Labute approximate surface area is 180 Å². The summed E-state index contributed by atoms with van der Waals surface area (Å²) in [5.41, 5.74) is 2.29. The van der Waals surface area contributed by atoms with E-state index in [4.69, 9.17) is 9.47 Å². The number of likely N-dealkylation sites (tertiary alicyclic amines) is 1. The van der Waals surface area contributed by atoms with Crippen LogP contribution in [-0.2, 0) is 20.7 Å². The molecule has 0 atom stereocenters. The zero-order chi connectivity index (χ0) is 21.2. The van der Waals surface area contributed by atoms with E-state index >= 15 is 0 Å². The van der Waals surface area contributed by atoms with Crippen LogP contribution in [0.3, 0.4) is 0 Å². The van der Waals surface area contributed by atoms with Crippen LogP contribution in [0.5, 0.6) is 0 Å². The van der Waals surface area contributed by atoms with Crippen molar-refractivity contribution in [2.45, 2.75) is 45.1 Å². The van der Waals surface area contributed by atoms with E-state index in [1.165, 1.54) is 5.56 Å². The average Bonchev–Trinajstić information content (AvgIpc) is 2.79. The molecule has 1 aromatic rings. The molecule has 30 heavy (non-hydrogen) atoms. The number of aliphatic imine (C=N–C) groups is 1. The second kappa shape index (κ2) is 11.9. The van der Waals surface area contributed by atoms with Crippen molar-refractivity contribution in [3.63, 3.8) is 0 Å². The Morgan fingerprint density at radius 2 is 2.00 bits per heavy atom. The van der Waals surface area contributed by atoms with Gasteiger partial charge >= 0.3 is 0 Å². The average molecular weight is 417 g/mol. The number of nitrogens with one attached hydrogen (secondary N) is 1. The van der Waals surface area contributed by atoms with Gasteiger partial charge in [-0.2, -0.15) is 0 Å². The number of para-hydroxylation sites is 1. The van der Waals surface area contributed by atoms with E-state index in [0.717, 1.165) is 83.1 Å². The lowest BCUT2D eigenvalue weighted by Crippen LogP contribution is -2.47. The number of ether oxygens (including phenoxy) is 2. The minimum Gasteiger partial charge on any atom is -0.385 e. The van der Waals surface area contributed by atoms with Crippen LogP contribution in [-0.4, -0.2) is 75.9 Å². The summed E-state index contributed by atoms with van der Waals surface area (Å²) in [6.45, 7) is 7.06. The first-order chi connectivity index (χ1) is 14.7. The second-order valence-electron chi connectivity index (χ2n) is 7.85. The summed E-state index contributed by atoms with van der Waals surface area (Å²) >= 11 is 0. The molecule has 0 radical (unpaired) electrons. The van der Waals surface area contributed by atoms with Crippen LogP contribution in [0.25, 0.3) is 0 Å². The highest BCUT2D eigenvalue weighted by atomic mass is 16.5. The lowest BCUT2D eigenvalue weighted by molar-refractivity contribution is -0.117. The van der Waals surface area contributed by atoms with Crippen molar-refractivity contribution in [3.05, 3.63) is 29.8 Å².